The van der Waals surface area contributed by atoms with Gasteiger partial charge in [-0.15, -0.1) is 11.3 Å². The Bertz CT molecular complexity index is 931. The Labute approximate surface area is 151 Å². The summed E-state index contributed by atoms with van der Waals surface area (Å²) >= 11 is 1.75. The maximum Gasteiger partial charge on any atom is 0.195 e. The van der Waals surface area contributed by atoms with E-state index in [0.717, 1.165) is 17.0 Å². The van der Waals surface area contributed by atoms with Crippen LogP contribution in [0.15, 0.2) is 72.1 Å². The second kappa shape index (κ2) is 5.76. The zero-order valence-electron chi connectivity index (χ0n) is 13.8. The van der Waals surface area contributed by atoms with Crippen LogP contribution in [0.3, 0.4) is 0 Å². The molecule has 2 aliphatic rings. The number of nitrogens with zero attached hydrogens (tertiary/aromatic N) is 1. The fraction of sp³-hybridized carbons (Fsp3) is 0.143. The van der Waals surface area contributed by atoms with Gasteiger partial charge in [0, 0.05) is 11.1 Å². The van der Waals surface area contributed by atoms with Crippen LogP contribution in [-0.4, -0.2) is 5.01 Å². The van der Waals surface area contributed by atoms with E-state index in [1.807, 2.05) is 6.07 Å². The van der Waals surface area contributed by atoms with Gasteiger partial charge in [-0.2, -0.15) is 5.01 Å². The summed E-state index contributed by atoms with van der Waals surface area (Å²) in [7, 11) is 0. The van der Waals surface area contributed by atoms with Crippen molar-refractivity contribution >= 4 is 17.0 Å². The predicted octanol–water partition coefficient (Wildman–Crippen LogP) is 5.05. The fourth-order valence-corrected chi connectivity index (χ4v) is 4.17. The summed E-state index contributed by atoms with van der Waals surface area (Å²) in [6.45, 7) is 2.11. The van der Waals surface area contributed by atoms with E-state index in [1.165, 1.54) is 16.0 Å². The number of hydrogen-bond acceptors (Lipinski definition) is 4. The lowest BCUT2D eigenvalue weighted by molar-refractivity contribution is -0.0326. The molecule has 0 saturated carbocycles. The topological polar surface area (TPSA) is 24.5 Å². The molecule has 25 heavy (non-hydrogen) atoms. The Kier molecular flexibility index (Phi) is 3.40. The largest absolute Gasteiger partial charge is 0.469 e. The van der Waals surface area contributed by atoms with E-state index in [9.17, 15) is 0 Å². The number of rotatable bonds is 2. The number of aryl methyl sites for hydroxylation is 1. The Balaban J connectivity index is 1.59. The predicted molar refractivity (Wildman–Crippen MR) is 101 cm³/mol. The zero-order chi connectivity index (χ0) is 16.8. The number of para-hydroxylation sites is 1. The van der Waals surface area contributed by atoms with E-state index in [1.54, 1.807) is 11.3 Å². The minimum absolute atomic E-state index is 0.158. The Morgan fingerprint density at radius 2 is 1.84 bits per heavy atom. The molecule has 0 amide bonds. The zero-order valence-corrected chi connectivity index (χ0v) is 14.7. The fourth-order valence-electron chi connectivity index (χ4n) is 3.47. The Morgan fingerprint density at radius 3 is 2.64 bits per heavy atom. The molecule has 0 spiro atoms. The third-order valence-corrected chi connectivity index (χ3v) is 5.65. The summed E-state index contributed by atoms with van der Waals surface area (Å²) in [5.74, 6) is 0.958. The van der Waals surface area contributed by atoms with Crippen LogP contribution in [-0.2, 0) is 0 Å². The third-order valence-electron chi connectivity index (χ3n) is 4.75. The average Bonchev–Trinajstić information content (AvgIpc) is 3.31. The van der Waals surface area contributed by atoms with Crippen LogP contribution in [0.5, 0.6) is 5.75 Å². The number of hydrazine groups is 1. The molecule has 124 valence electrons. The van der Waals surface area contributed by atoms with Gasteiger partial charge in [-0.1, -0.05) is 54.1 Å². The summed E-state index contributed by atoms with van der Waals surface area (Å²) in [6, 6.07) is 21.3. The van der Waals surface area contributed by atoms with Gasteiger partial charge < -0.3 is 10.2 Å². The molecule has 3 heterocycles. The van der Waals surface area contributed by atoms with Gasteiger partial charge in [0.1, 0.15) is 5.75 Å². The lowest BCUT2D eigenvalue weighted by atomic mass is 10.0. The lowest BCUT2D eigenvalue weighted by Crippen LogP contribution is -2.42. The molecule has 1 aromatic heterocycles. The van der Waals surface area contributed by atoms with Crippen molar-refractivity contribution in [2.24, 2.45) is 0 Å². The molecule has 3 aromatic rings. The number of ether oxygens (including phenoxy) is 1. The first-order valence-electron chi connectivity index (χ1n) is 8.42. The Hall–Kier alpha value is -2.56. The first-order valence-corrected chi connectivity index (χ1v) is 9.30. The van der Waals surface area contributed by atoms with Crippen molar-refractivity contribution in [2.45, 2.75) is 19.2 Å². The molecule has 0 saturated heterocycles. The van der Waals surface area contributed by atoms with E-state index in [2.05, 4.69) is 83.4 Å². The SMILES string of the molecule is Cc1ccc(C2Oc3ccccc3C3C=C(c4cccs4)NN32)cc1. The molecule has 2 atom stereocenters. The highest BCUT2D eigenvalue weighted by molar-refractivity contribution is 7.11. The lowest BCUT2D eigenvalue weighted by Gasteiger charge is -2.38. The van der Waals surface area contributed by atoms with E-state index in [-0.39, 0.29) is 12.3 Å². The van der Waals surface area contributed by atoms with Crippen molar-refractivity contribution in [3.63, 3.8) is 0 Å². The molecule has 4 heteroatoms. The van der Waals surface area contributed by atoms with Crippen molar-refractivity contribution < 1.29 is 4.74 Å². The smallest absolute Gasteiger partial charge is 0.195 e. The van der Waals surface area contributed by atoms with Crippen molar-refractivity contribution in [3.8, 4) is 5.75 Å². The third kappa shape index (κ3) is 2.46. The van der Waals surface area contributed by atoms with Gasteiger partial charge in [-0.3, -0.25) is 0 Å². The van der Waals surface area contributed by atoms with Crippen molar-refractivity contribution in [1.29, 1.82) is 0 Å². The summed E-state index contributed by atoms with van der Waals surface area (Å²) in [4.78, 5) is 1.24. The molecule has 2 aliphatic heterocycles. The maximum absolute atomic E-state index is 6.37. The van der Waals surface area contributed by atoms with E-state index in [4.69, 9.17) is 4.74 Å². The highest BCUT2D eigenvalue weighted by atomic mass is 32.1. The molecule has 0 bridgehead atoms. The molecule has 0 fully saturated rings. The highest BCUT2D eigenvalue weighted by Gasteiger charge is 2.40. The highest BCUT2D eigenvalue weighted by Crippen LogP contribution is 2.46. The van der Waals surface area contributed by atoms with E-state index >= 15 is 0 Å². The summed E-state index contributed by atoms with van der Waals surface area (Å²) in [6.07, 6.45) is 2.14. The maximum atomic E-state index is 6.37. The van der Waals surface area contributed by atoms with Crippen LogP contribution in [0, 0.1) is 6.92 Å². The summed E-state index contributed by atoms with van der Waals surface area (Å²) in [5, 5.41) is 4.32. The average molecular weight is 346 g/mol. The summed E-state index contributed by atoms with van der Waals surface area (Å²) < 4.78 is 6.37. The number of fused-ring (bicyclic) bond motifs is 3. The van der Waals surface area contributed by atoms with Crippen molar-refractivity contribution in [1.82, 2.24) is 10.4 Å². The first kappa shape index (κ1) is 14.8. The molecule has 2 aromatic carbocycles. The van der Waals surface area contributed by atoms with Crippen LogP contribution in [0.1, 0.15) is 33.8 Å². The van der Waals surface area contributed by atoms with Gasteiger partial charge in [0.15, 0.2) is 6.23 Å². The monoisotopic (exact) mass is 346 g/mol. The molecule has 0 aliphatic carbocycles. The van der Waals surface area contributed by atoms with E-state index in [0.29, 0.717) is 0 Å². The first-order chi connectivity index (χ1) is 12.3. The minimum Gasteiger partial charge on any atom is -0.469 e. The van der Waals surface area contributed by atoms with Crippen LogP contribution in [0.25, 0.3) is 5.70 Å². The minimum atomic E-state index is -0.158. The second-order valence-electron chi connectivity index (χ2n) is 6.44. The number of nitrogens with one attached hydrogen (secondary N) is 1. The van der Waals surface area contributed by atoms with Gasteiger partial charge in [0.25, 0.3) is 0 Å². The van der Waals surface area contributed by atoms with Gasteiger partial charge in [-0.05, 0) is 30.5 Å². The van der Waals surface area contributed by atoms with Crippen LogP contribution in [0.4, 0.5) is 0 Å². The van der Waals surface area contributed by atoms with Gasteiger partial charge in [0.2, 0.25) is 0 Å². The number of thiophene rings is 1. The standard InChI is InChI=1S/C21H18N2OS/c1-14-8-10-15(11-9-14)21-23-18(16-5-2-3-6-19(16)24-21)13-17(22-23)20-7-4-12-25-20/h2-13,18,21-22H,1H3. The molecule has 3 nitrogen and oxygen atoms in total. The van der Waals surface area contributed by atoms with Crippen LogP contribution in [0.2, 0.25) is 0 Å². The Morgan fingerprint density at radius 1 is 1.00 bits per heavy atom. The van der Waals surface area contributed by atoms with E-state index < -0.39 is 0 Å². The molecule has 5 rings (SSSR count). The number of benzene rings is 2. The number of hydrogen-bond donors (Lipinski definition) is 1. The quantitative estimate of drug-likeness (QED) is 0.703. The van der Waals surface area contributed by atoms with Crippen LogP contribution >= 0.6 is 11.3 Å². The normalized spacial score (nSPS) is 21.7. The van der Waals surface area contributed by atoms with Crippen LogP contribution < -0.4 is 10.2 Å². The molecular weight excluding hydrogens is 328 g/mol. The van der Waals surface area contributed by atoms with Crippen molar-refractivity contribution in [3.05, 3.63) is 93.7 Å². The molecule has 0 radical (unpaired) electrons. The van der Waals surface area contributed by atoms with Gasteiger partial charge >= 0.3 is 0 Å². The second-order valence-corrected chi connectivity index (χ2v) is 7.39. The van der Waals surface area contributed by atoms with Gasteiger partial charge in [0.05, 0.1) is 16.6 Å². The molecule has 1 N–H and O–H groups in total. The van der Waals surface area contributed by atoms with Crippen molar-refractivity contribution in [2.75, 3.05) is 0 Å². The van der Waals surface area contributed by atoms with Gasteiger partial charge in [-0.25, -0.2) is 0 Å². The summed E-state index contributed by atoms with van der Waals surface area (Å²) in [5.41, 5.74) is 8.33. The molecule has 2 unspecified atom stereocenters. The molecular formula is C21H18N2OS.